The van der Waals surface area contributed by atoms with E-state index in [0.717, 1.165) is 18.3 Å². The van der Waals surface area contributed by atoms with Crippen LogP contribution in [0.25, 0.3) is 0 Å². The van der Waals surface area contributed by atoms with Gasteiger partial charge in [-0.2, -0.15) is 13.2 Å². The second kappa shape index (κ2) is 9.62. The molecule has 2 aliphatic rings. The normalized spacial score (nSPS) is 23.9. The van der Waals surface area contributed by atoms with Crippen molar-refractivity contribution in [3.05, 3.63) is 23.9 Å². The molecule has 1 aliphatic heterocycles. The summed E-state index contributed by atoms with van der Waals surface area (Å²) in [7, 11) is 0. The number of carbonyl (C=O) groups is 2. The van der Waals surface area contributed by atoms with Crippen LogP contribution in [0.15, 0.2) is 18.3 Å². The summed E-state index contributed by atoms with van der Waals surface area (Å²) in [6.45, 7) is 11.3. The molecule has 2 heterocycles. The molecule has 1 aromatic heterocycles. The van der Waals surface area contributed by atoms with Crippen LogP contribution in [-0.2, 0) is 15.7 Å². The SMILES string of the molecule is CC(C)[C@]1(C(=O)N2CCN(c3cc(C(F)(F)F)ccn3)CC2)CC[C@@H](OC(=O)NC(C)(C)C)C1. The average molecular weight is 485 g/mol. The molecule has 2 fully saturated rings. The topological polar surface area (TPSA) is 74.8 Å². The molecule has 2 amide bonds. The van der Waals surface area contributed by atoms with E-state index >= 15 is 0 Å². The maximum Gasteiger partial charge on any atom is 0.416 e. The number of halogens is 3. The van der Waals surface area contributed by atoms with Crippen LogP contribution in [0.2, 0.25) is 0 Å². The van der Waals surface area contributed by atoms with Crippen LogP contribution in [0.1, 0.15) is 59.4 Å². The zero-order valence-electron chi connectivity index (χ0n) is 20.5. The highest BCUT2D eigenvalue weighted by Crippen LogP contribution is 2.47. The zero-order chi connectivity index (χ0) is 25.3. The number of piperazine rings is 1. The first-order chi connectivity index (χ1) is 15.7. The third-order valence-electron chi connectivity index (χ3n) is 6.75. The third-order valence-corrected chi connectivity index (χ3v) is 6.75. The van der Waals surface area contributed by atoms with Crippen LogP contribution in [0.3, 0.4) is 0 Å². The van der Waals surface area contributed by atoms with Crippen molar-refractivity contribution in [2.75, 3.05) is 31.1 Å². The lowest BCUT2D eigenvalue weighted by molar-refractivity contribution is -0.145. The molecule has 7 nitrogen and oxygen atoms in total. The van der Waals surface area contributed by atoms with Crippen LogP contribution < -0.4 is 10.2 Å². The fourth-order valence-electron chi connectivity index (χ4n) is 4.80. The van der Waals surface area contributed by atoms with Gasteiger partial charge >= 0.3 is 12.3 Å². The number of aromatic nitrogens is 1. The molecular weight excluding hydrogens is 449 g/mol. The summed E-state index contributed by atoms with van der Waals surface area (Å²) in [5, 5.41) is 2.79. The van der Waals surface area contributed by atoms with Crippen molar-refractivity contribution >= 4 is 17.8 Å². The number of nitrogens with one attached hydrogen (secondary N) is 1. The summed E-state index contributed by atoms with van der Waals surface area (Å²) >= 11 is 0. The molecule has 1 N–H and O–H groups in total. The minimum Gasteiger partial charge on any atom is -0.446 e. The van der Waals surface area contributed by atoms with Crippen molar-refractivity contribution in [2.45, 2.75) is 71.7 Å². The van der Waals surface area contributed by atoms with E-state index in [-0.39, 0.29) is 23.7 Å². The van der Waals surface area contributed by atoms with E-state index in [1.807, 2.05) is 34.6 Å². The first kappa shape index (κ1) is 26.1. The maximum atomic E-state index is 13.6. The van der Waals surface area contributed by atoms with E-state index < -0.39 is 28.8 Å². The van der Waals surface area contributed by atoms with E-state index in [2.05, 4.69) is 10.3 Å². The molecule has 0 unspecified atom stereocenters. The highest BCUT2D eigenvalue weighted by Gasteiger charge is 2.50. The summed E-state index contributed by atoms with van der Waals surface area (Å²) in [6, 6.07) is 2.00. The number of hydrogen-bond donors (Lipinski definition) is 1. The lowest BCUT2D eigenvalue weighted by Crippen LogP contribution is -2.54. The Bertz CT molecular complexity index is 892. The van der Waals surface area contributed by atoms with Crippen LogP contribution in [0, 0.1) is 11.3 Å². The Hall–Kier alpha value is -2.52. The smallest absolute Gasteiger partial charge is 0.416 e. The Kier molecular flexibility index (Phi) is 7.38. The van der Waals surface area contributed by atoms with E-state index in [1.165, 1.54) is 0 Å². The Morgan fingerprint density at radius 2 is 1.82 bits per heavy atom. The van der Waals surface area contributed by atoms with Crippen molar-refractivity contribution in [1.82, 2.24) is 15.2 Å². The number of nitrogens with zero attached hydrogens (tertiary/aromatic N) is 3. The van der Waals surface area contributed by atoms with Gasteiger partial charge in [0.15, 0.2) is 0 Å². The van der Waals surface area contributed by atoms with E-state index in [4.69, 9.17) is 4.74 Å². The molecule has 1 saturated heterocycles. The van der Waals surface area contributed by atoms with Gasteiger partial charge in [-0.05, 0) is 58.1 Å². The fraction of sp³-hybridized carbons (Fsp3) is 0.708. The second-order valence-electron chi connectivity index (χ2n) is 10.6. The van der Waals surface area contributed by atoms with Crippen LogP contribution in [0.4, 0.5) is 23.8 Å². The Morgan fingerprint density at radius 3 is 2.38 bits per heavy atom. The molecule has 34 heavy (non-hydrogen) atoms. The highest BCUT2D eigenvalue weighted by molar-refractivity contribution is 5.84. The van der Waals surface area contributed by atoms with Gasteiger partial charge in [-0.15, -0.1) is 0 Å². The monoisotopic (exact) mass is 484 g/mol. The van der Waals surface area contributed by atoms with Gasteiger partial charge in [0.1, 0.15) is 11.9 Å². The van der Waals surface area contributed by atoms with Crippen molar-refractivity contribution in [1.29, 1.82) is 0 Å². The standard InChI is InChI=1S/C24H35F3N4O3/c1-16(2)23(8-6-18(15-23)34-21(33)29-22(3,4)5)20(32)31-12-10-30(11-13-31)19-14-17(7-9-28-19)24(25,26)27/h7,9,14,16,18H,6,8,10-13,15H2,1-5H3,(H,29,33)/t18-,23+/m1/s1. The minimum atomic E-state index is -4.43. The fourth-order valence-corrected chi connectivity index (χ4v) is 4.80. The van der Waals surface area contributed by atoms with E-state index in [1.54, 1.807) is 9.80 Å². The molecule has 10 heteroatoms. The average Bonchev–Trinajstić information content (AvgIpc) is 3.16. The largest absolute Gasteiger partial charge is 0.446 e. The van der Waals surface area contributed by atoms with Gasteiger partial charge in [0.2, 0.25) is 5.91 Å². The van der Waals surface area contributed by atoms with Gasteiger partial charge in [0.05, 0.1) is 11.0 Å². The van der Waals surface area contributed by atoms with Crippen molar-refractivity contribution < 1.29 is 27.5 Å². The highest BCUT2D eigenvalue weighted by atomic mass is 19.4. The number of alkyl halides is 3. The number of amides is 2. The molecule has 0 radical (unpaired) electrons. The van der Waals surface area contributed by atoms with Crippen LogP contribution in [0.5, 0.6) is 0 Å². The number of hydrogen-bond acceptors (Lipinski definition) is 5. The Balaban J connectivity index is 1.63. The number of ether oxygens (including phenoxy) is 1. The maximum absolute atomic E-state index is 13.6. The minimum absolute atomic E-state index is 0.0291. The number of alkyl carbamates (subject to hydrolysis) is 1. The molecule has 190 valence electrons. The van der Waals surface area contributed by atoms with Gasteiger partial charge in [-0.1, -0.05) is 13.8 Å². The second-order valence-corrected chi connectivity index (χ2v) is 10.6. The Labute approximate surface area is 199 Å². The summed E-state index contributed by atoms with van der Waals surface area (Å²) in [4.78, 5) is 33.5. The molecule has 3 rings (SSSR count). The van der Waals surface area contributed by atoms with Crippen molar-refractivity contribution in [3.63, 3.8) is 0 Å². The lowest BCUT2D eigenvalue weighted by atomic mass is 9.74. The number of pyridine rings is 1. The van der Waals surface area contributed by atoms with E-state index in [0.29, 0.717) is 45.4 Å². The van der Waals surface area contributed by atoms with Crippen molar-refractivity contribution in [2.24, 2.45) is 11.3 Å². The summed E-state index contributed by atoms with van der Waals surface area (Å²) in [5.74, 6) is 0.351. The number of carbonyl (C=O) groups excluding carboxylic acids is 2. The molecule has 0 aromatic carbocycles. The zero-order valence-corrected chi connectivity index (χ0v) is 20.5. The van der Waals surface area contributed by atoms with Gasteiger partial charge in [-0.25, -0.2) is 9.78 Å². The summed E-state index contributed by atoms with van der Waals surface area (Å²) in [6.07, 6.45) is -2.35. The van der Waals surface area contributed by atoms with Gasteiger partial charge < -0.3 is 19.9 Å². The van der Waals surface area contributed by atoms with Gasteiger partial charge in [-0.3, -0.25) is 4.79 Å². The summed E-state index contributed by atoms with van der Waals surface area (Å²) in [5.41, 5.74) is -1.76. The molecule has 1 saturated carbocycles. The van der Waals surface area contributed by atoms with Crippen LogP contribution in [-0.4, -0.2) is 59.7 Å². The molecule has 1 aromatic rings. The van der Waals surface area contributed by atoms with E-state index in [9.17, 15) is 22.8 Å². The summed E-state index contributed by atoms with van der Waals surface area (Å²) < 4.78 is 44.8. The molecule has 2 atom stereocenters. The molecule has 1 aliphatic carbocycles. The molecule has 0 spiro atoms. The third kappa shape index (κ3) is 5.93. The first-order valence-electron chi connectivity index (χ1n) is 11.8. The van der Waals surface area contributed by atoms with Gasteiger partial charge in [0, 0.05) is 37.9 Å². The molecular formula is C24H35F3N4O3. The Morgan fingerprint density at radius 1 is 1.18 bits per heavy atom. The lowest BCUT2D eigenvalue weighted by Gasteiger charge is -2.42. The number of anilines is 1. The van der Waals surface area contributed by atoms with Crippen molar-refractivity contribution in [3.8, 4) is 0 Å². The van der Waals surface area contributed by atoms with Crippen LogP contribution >= 0.6 is 0 Å². The predicted octanol–water partition coefficient (Wildman–Crippen LogP) is 4.47. The first-order valence-corrected chi connectivity index (χ1v) is 11.8. The molecule has 0 bridgehead atoms. The predicted molar refractivity (Wildman–Crippen MR) is 122 cm³/mol. The quantitative estimate of drug-likeness (QED) is 0.683. The number of rotatable bonds is 4. The van der Waals surface area contributed by atoms with Gasteiger partial charge in [0.25, 0.3) is 0 Å².